The summed E-state index contributed by atoms with van der Waals surface area (Å²) in [4.78, 5) is 5.40. The third-order valence-electron chi connectivity index (χ3n) is 2.71. The van der Waals surface area contributed by atoms with Gasteiger partial charge >= 0.3 is 0 Å². The fourth-order valence-corrected chi connectivity index (χ4v) is 2.75. The monoisotopic (exact) mass is 293 g/mol. The second-order valence-electron chi connectivity index (χ2n) is 3.98. The zero-order valence-corrected chi connectivity index (χ0v) is 11.8. The SMILES string of the molecule is CNCc1c(Oc2ccccc2Cl)nc2sccn12. The van der Waals surface area contributed by atoms with Gasteiger partial charge in [-0.15, -0.1) is 11.3 Å². The number of benzene rings is 1. The molecule has 0 saturated heterocycles. The molecule has 0 aliphatic rings. The average molecular weight is 294 g/mol. The van der Waals surface area contributed by atoms with Crippen LogP contribution in [-0.4, -0.2) is 16.4 Å². The standard InChI is InChI=1S/C13H12ClN3OS/c1-15-8-10-12(16-13-17(10)6-7-19-13)18-11-5-3-2-4-9(11)14/h2-7,15H,8H2,1H3. The first-order valence-electron chi connectivity index (χ1n) is 5.81. The van der Waals surface area contributed by atoms with E-state index in [2.05, 4.69) is 10.3 Å². The van der Waals surface area contributed by atoms with Crippen LogP contribution in [0, 0.1) is 0 Å². The highest BCUT2D eigenvalue weighted by Gasteiger charge is 2.15. The summed E-state index contributed by atoms with van der Waals surface area (Å²) >= 11 is 7.68. The molecule has 6 heteroatoms. The predicted molar refractivity (Wildman–Crippen MR) is 77.4 cm³/mol. The number of ether oxygens (including phenoxy) is 1. The number of para-hydroxylation sites is 1. The van der Waals surface area contributed by atoms with Crippen molar-refractivity contribution >= 4 is 27.9 Å². The first-order chi connectivity index (χ1) is 9.29. The fraction of sp³-hybridized carbons (Fsp3) is 0.154. The molecule has 1 N–H and O–H groups in total. The third-order valence-corrected chi connectivity index (χ3v) is 3.78. The zero-order valence-electron chi connectivity index (χ0n) is 10.3. The molecule has 3 rings (SSSR count). The Labute approximate surface area is 119 Å². The Morgan fingerprint density at radius 1 is 1.42 bits per heavy atom. The zero-order chi connectivity index (χ0) is 13.2. The molecule has 0 aliphatic carbocycles. The molecule has 0 spiro atoms. The predicted octanol–water partition coefficient (Wildman–Crippen LogP) is 3.56. The lowest BCUT2D eigenvalue weighted by Gasteiger charge is -2.07. The molecule has 0 radical (unpaired) electrons. The quantitative estimate of drug-likeness (QED) is 0.799. The van der Waals surface area contributed by atoms with Crippen molar-refractivity contribution in [3.8, 4) is 11.6 Å². The maximum Gasteiger partial charge on any atom is 0.243 e. The number of nitrogens with one attached hydrogen (secondary N) is 1. The van der Waals surface area contributed by atoms with Crippen molar-refractivity contribution in [1.82, 2.24) is 14.7 Å². The molecule has 0 unspecified atom stereocenters. The van der Waals surface area contributed by atoms with Gasteiger partial charge in [-0.05, 0) is 19.2 Å². The molecular formula is C13H12ClN3OS. The number of hydrogen-bond acceptors (Lipinski definition) is 4. The van der Waals surface area contributed by atoms with Gasteiger partial charge in [-0.2, -0.15) is 4.98 Å². The van der Waals surface area contributed by atoms with Gasteiger partial charge in [0.15, 0.2) is 4.96 Å². The van der Waals surface area contributed by atoms with Gasteiger partial charge in [0.05, 0.1) is 5.02 Å². The van der Waals surface area contributed by atoms with E-state index in [4.69, 9.17) is 16.3 Å². The van der Waals surface area contributed by atoms with E-state index >= 15 is 0 Å². The number of rotatable bonds is 4. The molecule has 1 aromatic carbocycles. The lowest BCUT2D eigenvalue weighted by molar-refractivity contribution is 0.457. The Kier molecular flexibility index (Phi) is 3.42. The molecule has 2 aromatic heterocycles. The van der Waals surface area contributed by atoms with Crippen LogP contribution in [0.25, 0.3) is 4.96 Å². The first kappa shape index (κ1) is 12.5. The summed E-state index contributed by atoms with van der Waals surface area (Å²) in [5, 5.41) is 5.70. The molecule has 0 bridgehead atoms. The Morgan fingerprint density at radius 3 is 3.05 bits per heavy atom. The fourth-order valence-electron chi connectivity index (χ4n) is 1.85. The van der Waals surface area contributed by atoms with E-state index < -0.39 is 0 Å². The summed E-state index contributed by atoms with van der Waals surface area (Å²) in [5.74, 6) is 1.21. The Bertz CT molecular complexity index is 707. The van der Waals surface area contributed by atoms with Crippen LogP contribution < -0.4 is 10.1 Å². The first-order valence-corrected chi connectivity index (χ1v) is 7.07. The van der Waals surface area contributed by atoms with Crippen molar-refractivity contribution in [2.75, 3.05) is 7.05 Å². The van der Waals surface area contributed by atoms with Gasteiger partial charge in [-0.25, -0.2) is 0 Å². The van der Waals surface area contributed by atoms with Gasteiger partial charge in [0, 0.05) is 18.1 Å². The van der Waals surface area contributed by atoms with Gasteiger partial charge in [0.2, 0.25) is 5.88 Å². The minimum absolute atomic E-state index is 0.578. The molecule has 0 amide bonds. The molecule has 19 heavy (non-hydrogen) atoms. The molecule has 4 nitrogen and oxygen atoms in total. The van der Waals surface area contributed by atoms with Gasteiger partial charge in [-0.3, -0.25) is 4.40 Å². The summed E-state index contributed by atoms with van der Waals surface area (Å²) in [5.41, 5.74) is 0.985. The van der Waals surface area contributed by atoms with Gasteiger partial charge in [-0.1, -0.05) is 23.7 Å². The van der Waals surface area contributed by atoms with Crippen molar-refractivity contribution in [3.05, 3.63) is 46.6 Å². The molecule has 0 saturated carbocycles. The average Bonchev–Trinajstić information content (AvgIpc) is 2.96. The molecule has 0 aliphatic heterocycles. The van der Waals surface area contributed by atoms with E-state index in [1.54, 1.807) is 17.4 Å². The van der Waals surface area contributed by atoms with E-state index in [0.717, 1.165) is 10.7 Å². The van der Waals surface area contributed by atoms with Crippen molar-refractivity contribution < 1.29 is 4.74 Å². The van der Waals surface area contributed by atoms with E-state index in [-0.39, 0.29) is 0 Å². The summed E-state index contributed by atoms with van der Waals surface area (Å²) in [6.45, 7) is 0.678. The van der Waals surface area contributed by atoms with Crippen LogP contribution >= 0.6 is 22.9 Å². The summed E-state index contributed by atoms with van der Waals surface area (Å²) in [6.07, 6.45) is 1.99. The van der Waals surface area contributed by atoms with Gasteiger partial charge in [0.1, 0.15) is 11.4 Å². The number of halogens is 1. The Hall–Kier alpha value is -1.56. The number of aromatic nitrogens is 2. The van der Waals surface area contributed by atoms with Crippen LogP contribution in [0.5, 0.6) is 11.6 Å². The highest BCUT2D eigenvalue weighted by Crippen LogP contribution is 2.31. The minimum atomic E-state index is 0.578. The number of imidazole rings is 1. The molecular weight excluding hydrogens is 282 g/mol. The van der Waals surface area contributed by atoms with Crippen LogP contribution in [0.2, 0.25) is 5.02 Å². The second-order valence-corrected chi connectivity index (χ2v) is 5.26. The number of thiazole rings is 1. The smallest absolute Gasteiger partial charge is 0.243 e. The Morgan fingerprint density at radius 2 is 2.26 bits per heavy atom. The highest BCUT2D eigenvalue weighted by atomic mass is 35.5. The normalized spacial score (nSPS) is 11.1. The number of nitrogens with zero attached hydrogens (tertiary/aromatic N) is 2. The van der Waals surface area contributed by atoms with Crippen LogP contribution in [0.15, 0.2) is 35.8 Å². The lowest BCUT2D eigenvalue weighted by atomic mass is 10.3. The second kappa shape index (κ2) is 5.21. The Balaban J connectivity index is 2.02. The molecule has 3 aromatic rings. The number of hydrogen-bond donors (Lipinski definition) is 1. The van der Waals surface area contributed by atoms with E-state index in [0.29, 0.717) is 23.2 Å². The van der Waals surface area contributed by atoms with E-state index in [9.17, 15) is 0 Å². The van der Waals surface area contributed by atoms with Crippen LogP contribution in [0.1, 0.15) is 5.69 Å². The van der Waals surface area contributed by atoms with Crippen LogP contribution in [-0.2, 0) is 6.54 Å². The largest absolute Gasteiger partial charge is 0.436 e. The maximum absolute atomic E-state index is 6.10. The topological polar surface area (TPSA) is 38.6 Å². The van der Waals surface area contributed by atoms with Crippen LogP contribution in [0.4, 0.5) is 0 Å². The molecule has 0 atom stereocenters. The summed E-state index contributed by atoms with van der Waals surface area (Å²) in [6, 6.07) is 7.39. The number of fused-ring (bicyclic) bond motifs is 1. The highest BCUT2D eigenvalue weighted by molar-refractivity contribution is 7.15. The van der Waals surface area contributed by atoms with Crippen molar-refractivity contribution in [2.24, 2.45) is 0 Å². The summed E-state index contributed by atoms with van der Waals surface area (Å²) in [7, 11) is 1.89. The molecule has 0 fully saturated rings. The van der Waals surface area contributed by atoms with E-state index in [1.807, 2.05) is 41.2 Å². The van der Waals surface area contributed by atoms with E-state index in [1.165, 1.54) is 0 Å². The molecule has 98 valence electrons. The third kappa shape index (κ3) is 2.32. The van der Waals surface area contributed by atoms with Gasteiger partial charge < -0.3 is 10.1 Å². The van der Waals surface area contributed by atoms with Gasteiger partial charge in [0.25, 0.3) is 0 Å². The van der Waals surface area contributed by atoms with Crippen molar-refractivity contribution in [3.63, 3.8) is 0 Å². The summed E-state index contributed by atoms with van der Waals surface area (Å²) < 4.78 is 7.86. The minimum Gasteiger partial charge on any atom is -0.436 e. The maximum atomic E-state index is 6.10. The van der Waals surface area contributed by atoms with Crippen LogP contribution in [0.3, 0.4) is 0 Å². The lowest BCUT2D eigenvalue weighted by Crippen LogP contribution is -2.08. The molecule has 2 heterocycles. The van der Waals surface area contributed by atoms with Crippen molar-refractivity contribution in [1.29, 1.82) is 0 Å². The van der Waals surface area contributed by atoms with Crippen molar-refractivity contribution in [2.45, 2.75) is 6.54 Å².